The molecule has 0 bridgehead atoms. The van der Waals surface area contributed by atoms with Crippen LogP contribution in [0.4, 0.5) is 0 Å². The minimum absolute atomic E-state index is 0. The van der Waals surface area contributed by atoms with Crippen molar-refractivity contribution in [3.05, 3.63) is 17.8 Å². The van der Waals surface area contributed by atoms with Crippen LogP contribution in [0.5, 0.6) is 0 Å². The summed E-state index contributed by atoms with van der Waals surface area (Å²) in [5.74, 6) is 1.44. The number of oxazole rings is 1. The van der Waals surface area contributed by atoms with Gasteiger partial charge in [-0.1, -0.05) is 19.8 Å². The van der Waals surface area contributed by atoms with Gasteiger partial charge < -0.3 is 15.5 Å². The molecule has 0 unspecified atom stereocenters. The molecule has 6 heteroatoms. The van der Waals surface area contributed by atoms with Crippen LogP contribution in [0.1, 0.15) is 44.3 Å². The van der Waals surface area contributed by atoms with Crippen LogP contribution in [0.25, 0.3) is 0 Å². The van der Waals surface area contributed by atoms with Crippen LogP contribution in [0.15, 0.2) is 10.6 Å². The second-order valence-corrected chi connectivity index (χ2v) is 4.95. The van der Waals surface area contributed by atoms with Crippen LogP contribution in [-0.2, 0) is 17.8 Å². The Labute approximate surface area is 119 Å². The van der Waals surface area contributed by atoms with E-state index in [2.05, 4.69) is 10.3 Å². The summed E-state index contributed by atoms with van der Waals surface area (Å²) in [5.41, 5.74) is 5.40. The molecular formula is C13H22ClN3O2. The minimum Gasteiger partial charge on any atom is -0.444 e. The smallest absolute Gasteiger partial charge is 0.227 e. The van der Waals surface area contributed by atoms with Crippen LogP contribution < -0.4 is 11.1 Å². The van der Waals surface area contributed by atoms with Gasteiger partial charge in [-0.3, -0.25) is 4.79 Å². The van der Waals surface area contributed by atoms with E-state index in [-0.39, 0.29) is 23.7 Å². The highest BCUT2D eigenvalue weighted by molar-refractivity contribution is 5.85. The van der Waals surface area contributed by atoms with Gasteiger partial charge in [0.1, 0.15) is 5.76 Å². The molecule has 1 heterocycles. The largest absolute Gasteiger partial charge is 0.444 e. The SMILES string of the molecule is CCc1cnc(CNC(=O)C2(CN)CCCC2)o1.Cl. The van der Waals surface area contributed by atoms with E-state index < -0.39 is 0 Å². The lowest BCUT2D eigenvalue weighted by atomic mass is 9.85. The molecular weight excluding hydrogens is 266 g/mol. The molecule has 1 fully saturated rings. The molecule has 0 saturated heterocycles. The van der Waals surface area contributed by atoms with Gasteiger partial charge in [0, 0.05) is 13.0 Å². The second-order valence-electron chi connectivity index (χ2n) is 4.95. The Morgan fingerprint density at radius 1 is 1.53 bits per heavy atom. The normalized spacial score (nSPS) is 16.9. The Kier molecular flexibility index (Phi) is 5.82. The third-order valence-electron chi connectivity index (χ3n) is 3.78. The number of nitrogens with one attached hydrogen (secondary N) is 1. The zero-order valence-electron chi connectivity index (χ0n) is 11.3. The summed E-state index contributed by atoms with van der Waals surface area (Å²) in [5, 5.41) is 2.89. The first-order chi connectivity index (χ1) is 8.70. The van der Waals surface area contributed by atoms with Crippen molar-refractivity contribution < 1.29 is 9.21 Å². The van der Waals surface area contributed by atoms with Crippen LogP contribution in [-0.4, -0.2) is 17.4 Å². The highest BCUT2D eigenvalue weighted by Gasteiger charge is 2.39. The van der Waals surface area contributed by atoms with Crippen molar-refractivity contribution in [1.82, 2.24) is 10.3 Å². The van der Waals surface area contributed by atoms with Gasteiger partial charge in [0.15, 0.2) is 0 Å². The molecule has 108 valence electrons. The lowest BCUT2D eigenvalue weighted by Gasteiger charge is -2.25. The molecule has 1 aromatic rings. The first-order valence-corrected chi connectivity index (χ1v) is 6.62. The molecule has 0 aliphatic heterocycles. The average Bonchev–Trinajstić information content (AvgIpc) is 3.05. The van der Waals surface area contributed by atoms with E-state index in [1.807, 2.05) is 6.92 Å². The van der Waals surface area contributed by atoms with Gasteiger partial charge >= 0.3 is 0 Å². The molecule has 0 atom stereocenters. The summed E-state index contributed by atoms with van der Waals surface area (Å²) in [4.78, 5) is 16.3. The monoisotopic (exact) mass is 287 g/mol. The molecule has 1 aliphatic carbocycles. The van der Waals surface area contributed by atoms with Crippen molar-refractivity contribution in [1.29, 1.82) is 0 Å². The number of nitrogens with two attached hydrogens (primary N) is 1. The molecule has 1 saturated carbocycles. The molecule has 5 nitrogen and oxygen atoms in total. The standard InChI is InChI=1S/C13H21N3O2.ClH/c1-2-10-7-15-11(18-10)8-16-12(17)13(9-14)5-3-4-6-13;/h7H,2-6,8-9,14H2,1H3,(H,16,17);1H. The average molecular weight is 288 g/mol. The predicted molar refractivity (Wildman–Crippen MR) is 74.9 cm³/mol. The number of halogens is 1. The van der Waals surface area contributed by atoms with Gasteiger partial charge in [-0.15, -0.1) is 12.4 Å². The van der Waals surface area contributed by atoms with Crippen molar-refractivity contribution in [2.45, 2.75) is 45.6 Å². The van der Waals surface area contributed by atoms with E-state index in [4.69, 9.17) is 10.2 Å². The van der Waals surface area contributed by atoms with E-state index in [1.54, 1.807) is 6.20 Å². The first kappa shape index (κ1) is 16.0. The number of aryl methyl sites for hydroxylation is 1. The minimum atomic E-state index is -0.361. The summed E-state index contributed by atoms with van der Waals surface area (Å²) in [6.45, 7) is 2.77. The maximum atomic E-state index is 12.2. The fraction of sp³-hybridized carbons (Fsp3) is 0.692. The van der Waals surface area contributed by atoms with Crippen LogP contribution in [0, 0.1) is 5.41 Å². The van der Waals surface area contributed by atoms with E-state index in [9.17, 15) is 4.79 Å². The highest BCUT2D eigenvalue weighted by atomic mass is 35.5. The van der Waals surface area contributed by atoms with Crippen molar-refractivity contribution in [2.24, 2.45) is 11.1 Å². The third-order valence-corrected chi connectivity index (χ3v) is 3.78. The number of aromatic nitrogens is 1. The Morgan fingerprint density at radius 3 is 2.74 bits per heavy atom. The zero-order chi connectivity index (χ0) is 13.0. The van der Waals surface area contributed by atoms with E-state index in [1.165, 1.54) is 0 Å². The van der Waals surface area contributed by atoms with Gasteiger partial charge in [-0.05, 0) is 12.8 Å². The van der Waals surface area contributed by atoms with Crippen LogP contribution >= 0.6 is 12.4 Å². The molecule has 0 aromatic carbocycles. The van der Waals surface area contributed by atoms with E-state index >= 15 is 0 Å². The van der Waals surface area contributed by atoms with Gasteiger partial charge in [-0.25, -0.2) is 4.98 Å². The Hall–Kier alpha value is -1.07. The molecule has 2 rings (SSSR count). The Balaban J connectivity index is 0.00000180. The maximum absolute atomic E-state index is 12.2. The third kappa shape index (κ3) is 3.48. The number of amides is 1. The van der Waals surface area contributed by atoms with E-state index in [0.29, 0.717) is 19.0 Å². The molecule has 0 spiro atoms. The number of carbonyl (C=O) groups is 1. The Bertz CT molecular complexity index is 414. The van der Waals surface area contributed by atoms with Crippen molar-refractivity contribution in [2.75, 3.05) is 6.54 Å². The number of nitrogens with zero attached hydrogens (tertiary/aromatic N) is 1. The van der Waals surface area contributed by atoms with Crippen LogP contribution in [0.3, 0.4) is 0 Å². The van der Waals surface area contributed by atoms with E-state index in [0.717, 1.165) is 37.9 Å². The van der Waals surface area contributed by atoms with Crippen molar-refractivity contribution in [3.8, 4) is 0 Å². The number of hydrogen-bond donors (Lipinski definition) is 2. The molecule has 1 aromatic heterocycles. The highest BCUT2D eigenvalue weighted by Crippen LogP contribution is 2.37. The topological polar surface area (TPSA) is 81.2 Å². The van der Waals surface area contributed by atoms with Crippen LogP contribution in [0.2, 0.25) is 0 Å². The number of hydrogen-bond acceptors (Lipinski definition) is 4. The summed E-state index contributed by atoms with van der Waals surface area (Å²) in [6.07, 6.45) is 6.47. The zero-order valence-corrected chi connectivity index (χ0v) is 12.1. The Morgan fingerprint density at radius 2 is 2.21 bits per heavy atom. The molecule has 1 aliphatic rings. The fourth-order valence-electron chi connectivity index (χ4n) is 2.51. The molecule has 1 amide bonds. The van der Waals surface area contributed by atoms with Gasteiger partial charge in [0.05, 0.1) is 18.2 Å². The first-order valence-electron chi connectivity index (χ1n) is 6.62. The summed E-state index contributed by atoms with van der Waals surface area (Å²) in [7, 11) is 0. The molecule has 19 heavy (non-hydrogen) atoms. The molecule has 3 N–H and O–H groups in total. The second kappa shape index (κ2) is 6.91. The predicted octanol–water partition coefficient (Wildman–Crippen LogP) is 1.79. The van der Waals surface area contributed by atoms with Gasteiger partial charge in [0.2, 0.25) is 11.8 Å². The van der Waals surface area contributed by atoms with Gasteiger partial charge in [-0.2, -0.15) is 0 Å². The molecule has 0 radical (unpaired) electrons. The summed E-state index contributed by atoms with van der Waals surface area (Å²) >= 11 is 0. The number of rotatable bonds is 5. The van der Waals surface area contributed by atoms with Crippen molar-refractivity contribution >= 4 is 18.3 Å². The van der Waals surface area contributed by atoms with Gasteiger partial charge in [0.25, 0.3) is 0 Å². The number of carbonyl (C=O) groups excluding carboxylic acids is 1. The quantitative estimate of drug-likeness (QED) is 0.865. The fourth-order valence-corrected chi connectivity index (χ4v) is 2.51. The summed E-state index contributed by atoms with van der Waals surface area (Å²) in [6, 6.07) is 0. The summed E-state index contributed by atoms with van der Waals surface area (Å²) < 4.78 is 5.46. The lowest BCUT2D eigenvalue weighted by Crippen LogP contribution is -2.43. The van der Waals surface area contributed by atoms with Crippen molar-refractivity contribution in [3.63, 3.8) is 0 Å². The lowest BCUT2D eigenvalue weighted by molar-refractivity contribution is -0.130. The maximum Gasteiger partial charge on any atom is 0.227 e.